The predicted octanol–water partition coefficient (Wildman–Crippen LogP) is 2.37. The number of aromatic nitrogens is 1. The molecule has 1 fully saturated rings. The maximum Gasteiger partial charge on any atom is 0.128 e. The van der Waals surface area contributed by atoms with E-state index in [1.165, 1.54) is 0 Å². The van der Waals surface area contributed by atoms with E-state index in [1.54, 1.807) is 0 Å². The molecule has 82 valence electrons. The lowest BCUT2D eigenvalue weighted by Crippen LogP contribution is -2.50. The molecule has 0 aromatic carbocycles. The number of hydrogen-bond donors (Lipinski definition) is 0. The maximum absolute atomic E-state index is 10.1. The lowest BCUT2D eigenvalue weighted by Gasteiger charge is -2.35. The Hall–Kier alpha value is -1.45. The quantitative estimate of drug-likeness (QED) is 0.699. The maximum atomic E-state index is 10.1. The lowest BCUT2D eigenvalue weighted by atomic mass is 10.1. The molecule has 1 saturated heterocycles. The summed E-state index contributed by atoms with van der Waals surface area (Å²) in [5.74, 6) is 0.936. The third-order valence-electron chi connectivity index (χ3n) is 2.23. The van der Waals surface area contributed by atoms with Crippen LogP contribution in [0, 0.1) is 11.8 Å². The van der Waals surface area contributed by atoms with Gasteiger partial charge in [0.05, 0.1) is 0 Å². The van der Waals surface area contributed by atoms with Gasteiger partial charge in [0.1, 0.15) is 11.9 Å². The molecule has 1 aliphatic heterocycles. The smallest absolute Gasteiger partial charge is 0.128 e. The van der Waals surface area contributed by atoms with Crippen molar-refractivity contribution >= 4 is 5.82 Å². The Balaban J connectivity index is 0.000000531. The van der Waals surface area contributed by atoms with Crippen molar-refractivity contribution in [2.75, 3.05) is 18.0 Å². The summed E-state index contributed by atoms with van der Waals surface area (Å²) in [5.41, 5.74) is 1.15. The van der Waals surface area contributed by atoms with Gasteiger partial charge in [0, 0.05) is 19.3 Å². The number of nitrogens with zero attached hydrogens (tertiary/aromatic N) is 3. The number of nitroso groups, excluding NO2 is 1. The van der Waals surface area contributed by atoms with Crippen molar-refractivity contribution < 1.29 is 0 Å². The molecule has 0 atom stereocenters. The van der Waals surface area contributed by atoms with Crippen molar-refractivity contribution in [3.8, 4) is 0 Å². The Labute approximate surface area is 90.3 Å². The van der Waals surface area contributed by atoms with Crippen molar-refractivity contribution in [2.24, 2.45) is 5.18 Å². The van der Waals surface area contributed by atoms with Crippen LogP contribution in [-0.2, 0) is 0 Å². The highest BCUT2D eigenvalue weighted by molar-refractivity contribution is 5.42. The van der Waals surface area contributed by atoms with E-state index in [0.29, 0.717) is 13.1 Å². The van der Waals surface area contributed by atoms with Gasteiger partial charge in [-0.3, -0.25) is 0 Å². The highest BCUT2D eigenvalue weighted by Gasteiger charge is 2.28. The van der Waals surface area contributed by atoms with Crippen molar-refractivity contribution in [2.45, 2.75) is 26.8 Å². The van der Waals surface area contributed by atoms with Gasteiger partial charge in [0.25, 0.3) is 0 Å². The van der Waals surface area contributed by atoms with Crippen molar-refractivity contribution in [3.05, 3.63) is 28.8 Å². The highest BCUT2D eigenvalue weighted by atomic mass is 16.3. The van der Waals surface area contributed by atoms with Gasteiger partial charge in [-0.25, -0.2) is 4.98 Å². The molecule has 1 aliphatic rings. The van der Waals surface area contributed by atoms with Crippen LogP contribution in [0.25, 0.3) is 0 Å². The van der Waals surface area contributed by atoms with Crippen molar-refractivity contribution in [1.82, 2.24) is 4.98 Å². The number of anilines is 1. The molecular formula is C11H17N3O. The minimum Gasteiger partial charge on any atom is -0.352 e. The molecule has 2 rings (SSSR count). The molecule has 2 heterocycles. The largest absolute Gasteiger partial charge is 0.352 e. The van der Waals surface area contributed by atoms with E-state index < -0.39 is 0 Å². The molecule has 0 saturated carbocycles. The number of rotatable bonds is 2. The molecule has 1 aromatic rings. The van der Waals surface area contributed by atoms with E-state index in [2.05, 4.69) is 10.2 Å². The lowest BCUT2D eigenvalue weighted by molar-refractivity contribution is 0.513. The molecule has 0 bridgehead atoms. The van der Waals surface area contributed by atoms with E-state index in [-0.39, 0.29) is 6.04 Å². The van der Waals surface area contributed by atoms with Crippen LogP contribution in [0.4, 0.5) is 5.82 Å². The molecule has 0 spiro atoms. The standard InChI is InChI=1S/C9H11N3O.C2H6/c1-7-2-3-9(10-4-7)12-5-8(6-12)11-13;1-2/h2-4,8H,5-6H2,1H3;1-2H3. The molecule has 4 heteroatoms. The molecule has 0 unspecified atom stereocenters. The minimum absolute atomic E-state index is 0.0388. The average molecular weight is 207 g/mol. The van der Waals surface area contributed by atoms with Gasteiger partial charge in [-0.2, -0.15) is 4.91 Å². The van der Waals surface area contributed by atoms with Crippen LogP contribution in [0.5, 0.6) is 0 Å². The molecule has 4 nitrogen and oxygen atoms in total. The van der Waals surface area contributed by atoms with Gasteiger partial charge < -0.3 is 4.90 Å². The van der Waals surface area contributed by atoms with Gasteiger partial charge in [-0.15, -0.1) is 0 Å². The molecule has 0 aliphatic carbocycles. The third-order valence-corrected chi connectivity index (χ3v) is 2.23. The van der Waals surface area contributed by atoms with E-state index >= 15 is 0 Å². The Morgan fingerprint density at radius 2 is 2.07 bits per heavy atom. The second kappa shape index (κ2) is 5.44. The second-order valence-electron chi connectivity index (χ2n) is 3.36. The first-order valence-corrected chi connectivity index (χ1v) is 5.29. The van der Waals surface area contributed by atoms with E-state index in [0.717, 1.165) is 11.4 Å². The van der Waals surface area contributed by atoms with Crippen LogP contribution in [0.1, 0.15) is 19.4 Å². The van der Waals surface area contributed by atoms with Crippen LogP contribution in [0.2, 0.25) is 0 Å². The zero-order chi connectivity index (χ0) is 11.3. The number of pyridine rings is 1. The topological polar surface area (TPSA) is 45.6 Å². The van der Waals surface area contributed by atoms with Gasteiger partial charge in [-0.1, -0.05) is 25.1 Å². The molecular weight excluding hydrogens is 190 g/mol. The molecule has 15 heavy (non-hydrogen) atoms. The summed E-state index contributed by atoms with van der Waals surface area (Å²) in [7, 11) is 0. The fourth-order valence-electron chi connectivity index (χ4n) is 1.36. The zero-order valence-corrected chi connectivity index (χ0v) is 9.47. The van der Waals surface area contributed by atoms with Crippen molar-refractivity contribution in [1.29, 1.82) is 0 Å². The van der Waals surface area contributed by atoms with Crippen LogP contribution < -0.4 is 4.90 Å². The highest BCUT2D eigenvalue weighted by Crippen LogP contribution is 2.19. The molecule has 0 amide bonds. The first-order valence-electron chi connectivity index (χ1n) is 5.29. The average Bonchev–Trinajstić information content (AvgIpc) is 2.22. The Bertz CT molecular complexity index is 304. The van der Waals surface area contributed by atoms with Gasteiger partial charge in [0.2, 0.25) is 0 Å². The second-order valence-corrected chi connectivity index (χ2v) is 3.36. The Kier molecular flexibility index (Phi) is 4.21. The van der Waals surface area contributed by atoms with Crippen LogP contribution in [-0.4, -0.2) is 24.1 Å². The molecule has 0 N–H and O–H groups in total. The van der Waals surface area contributed by atoms with Gasteiger partial charge >= 0.3 is 0 Å². The summed E-state index contributed by atoms with van der Waals surface area (Å²) in [6.07, 6.45) is 1.83. The van der Waals surface area contributed by atoms with E-state index in [4.69, 9.17) is 0 Å². The fourth-order valence-corrected chi connectivity index (χ4v) is 1.36. The van der Waals surface area contributed by atoms with Crippen LogP contribution in [0.3, 0.4) is 0 Å². The normalized spacial score (nSPS) is 15.0. The van der Waals surface area contributed by atoms with Gasteiger partial charge in [-0.05, 0) is 18.6 Å². The predicted molar refractivity (Wildman–Crippen MR) is 62.1 cm³/mol. The fraction of sp³-hybridized carbons (Fsp3) is 0.545. The first kappa shape index (κ1) is 11.6. The zero-order valence-electron chi connectivity index (χ0n) is 9.47. The summed E-state index contributed by atoms with van der Waals surface area (Å²) in [4.78, 5) is 16.4. The monoisotopic (exact) mass is 207 g/mol. The summed E-state index contributed by atoms with van der Waals surface area (Å²) in [6.45, 7) is 7.42. The van der Waals surface area contributed by atoms with E-state index in [1.807, 2.05) is 44.0 Å². The summed E-state index contributed by atoms with van der Waals surface area (Å²) in [6, 6.07) is 3.95. The molecule has 0 radical (unpaired) electrons. The summed E-state index contributed by atoms with van der Waals surface area (Å²) in [5, 5.41) is 2.97. The first-order chi connectivity index (χ1) is 7.29. The number of aryl methyl sites for hydroxylation is 1. The minimum atomic E-state index is -0.0388. The van der Waals surface area contributed by atoms with E-state index in [9.17, 15) is 4.91 Å². The summed E-state index contributed by atoms with van der Waals surface area (Å²) < 4.78 is 0. The van der Waals surface area contributed by atoms with Crippen LogP contribution >= 0.6 is 0 Å². The SMILES string of the molecule is CC.Cc1ccc(N2CC(N=O)C2)nc1. The number of hydrogen-bond acceptors (Lipinski definition) is 4. The van der Waals surface area contributed by atoms with Crippen LogP contribution in [0.15, 0.2) is 23.5 Å². The Morgan fingerprint density at radius 3 is 2.53 bits per heavy atom. The van der Waals surface area contributed by atoms with Crippen molar-refractivity contribution in [3.63, 3.8) is 0 Å². The summed E-state index contributed by atoms with van der Waals surface area (Å²) >= 11 is 0. The molecule has 1 aromatic heterocycles. The third kappa shape index (κ3) is 2.75. The Morgan fingerprint density at radius 1 is 1.40 bits per heavy atom. The van der Waals surface area contributed by atoms with Gasteiger partial charge in [0.15, 0.2) is 0 Å².